The standard InChI is InChI=1S/C19H25N3O3/c1-4-22(16-8-5-7-15(2)13-16)12-10-20-18(23)14-25-19(24)17-9-6-11-21(17)3/h5-9,11,13H,4,10,12,14H2,1-3H3,(H,20,23). The molecule has 0 saturated carbocycles. The minimum Gasteiger partial charge on any atom is -0.451 e. The lowest BCUT2D eigenvalue weighted by molar-refractivity contribution is -0.124. The molecular formula is C19H25N3O3. The molecule has 0 bridgehead atoms. The van der Waals surface area contributed by atoms with Gasteiger partial charge in [0.05, 0.1) is 0 Å². The van der Waals surface area contributed by atoms with Crippen LogP contribution < -0.4 is 10.2 Å². The van der Waals surface area contributed by atoms with E-state index in [0.29, 0.717) is 18.8 Å². The summed E-state index contributed by atoms with van der Waals surface area (Å²) in [6, 6.07) is 11.7. The highest BCUT2D eigenvalue weighted by Gasteiger charge is 2.12. The molecule has 0 saturated heterocycles. The maximum Gasteiger partial charge on any atom is 0.355 e. The first-order valence-electron chi connectivity index (χ1n) is 8.38. The molecule has 6 heteroatoms. The summed E-state index contributed by atoms with van der Waals surface area (Å²) in [4.78, 5) is 25.9. The highest BCUT2D eigenvalue weighted by Crippen LogP contribution is 2.14. The number of likely N-dealkylation sites (N-methyl/N-ethyl adjacent to an activating group) is 1. The number of rotatable bonds is 8. The van der Waals surface area contributed by atoms with E-state index in [-0.39, 0.29) is 12.5 Å². The largest absolute Gasteiger partial charge is 0.451 e. The van der Waals surface area contributed by atoms with E-state index >= 15 is 0 Å². The van der Waals surface area contributed by atoms with E-state index in [4.69, 9.17) is 4.74 Å². The van der Waals surface area contributed by atoms with Gasteiger partial charge in [0, 0.05) is 38.6 Å². The molecule has 0 spiro atoms. The van der Waals surface area contributed by atoms with E-state index < -0.39 is 5.97 Å². The molecule has 6 nitrogen and oxygen atoms in total. The summed E-state index contributed by atoms with van der Waals surface area (Å²) >= 11 is 0. The molecule has 2 aromatic rings. The van der Waals surface area contributed by atoms with E-state index in [9.17, 15) is 9.59 Å². The van der Waals surface area contributed by atoms with Crippen molar-refractivity contribution >= 4 is 17.6 Å². The Morgan fingerprint density at radius 1 is 1.24 bits per heavy atom. The zero-order chi connectivity index (χ0) is 18.2. The third-order valence-electron chi connectivity index (χ3n) is 3.94. The van der Waals surface area contributed by atoms with Crippen molar-refractivity contribution in [2.45, 2.75) is 13.8 Å². The number of hydrogen-bond donors (Lipinski definition) is 1. The molecule has 2 rings (SSSR count). The molecule has 0 fully saturated rings. The van der Waals surface area contributed by atoms with Crippen LogP contribution in [0.15, 0.2) is 42.6 Å². The van der Waals surface area contributed by atoms with Crippen LogP contribution >= 0.6 is 0 Å². The summed E-state index contributed by atoms with van der Waals surface area (Å²) in [6.45, 7) is 5.88. The Kier molecular flexibility index (Phi) is 6.62. The van der Waals surface area contributed by atoms with Crippen molar-refractivity contribution < 1.29 is 14.3 Å². The van der Waals surface area contributed by atoms with Crippen molar-refractivity contribution in [2.75, 3.05) is 31.1 Å². The number of hydrogen-bond acceptors (Lipinski definition) is 4. The van der Waals surface area contributed by atoms with Gasteiger partial charge in [0.25, 0.3) is 5.91 Å². The molecule has 1 aromatic heterocycles. The molecule has 0 radical (unpaired) electrons. The second-order valence-corrected chi connectivity index (χ2v) is 5.85. The molecule has 1 heterocycles. The normalized spacial score (nSPS) is 10.4. The highest BCUT2D eigenvalue weighted by molar-refractivity contribution is 5.89. The van der Waals surface area contributed by atoms with Gasteiger partial charge in [-0.25, -0.2) is 4.79 Å². The minimum absolute atomic E-state index is 0.277. The van der Waals surface area contributed by atoms with Crippen LogP contribution in [0.2, 0.25) is 0 Å². The number of amides is 1. The lowest BCUT2D eigenvalue weighted by Crippen LogP contribution is -2.37. The summed E-state index contributed by atoms with van der Waals surface area (Å²) in [5.41, 5.74) is 2.75. The van der Waals surface area contributed by atoms with Crippen molar-refractivity contribution in [2.24, 2.45) is 7.05 Å². The van der Waals surface area contributed by atoms with E-state index in [2.05, 4.69) is 42.3 Å². The highest BCUT2D eigenvalue weighted by atomic mass is 16.5. The lowest BCUT2D eigenvalue weighted by atomic mass is 10.2. The van der Waals surface area contributed by atoms with Gasteiger partial charge in [-0.2, -0.15) is 0 Å². The second-order valence-electron chi connectivity index (χ2n) is 5.85. The molecule has 0 aliphatic carbocycles. The molecule has 1 aromatic carbocycles. The molecule has 1 N–H and O–H groups in total. The molecule has 0 aliphatic rings. The van der Waals surface area contributed by atoms with Gasteiger partial charge < -0.3 is 19.5 Å². The number of nitrogens with zero attached hydrogens (tertiary/aromatic N) is 2. The molecule has 0 unspecified atom stereocenters. The van der Waals surface area contributed by atoms with Gasteiger partial charge in [0.2, 0.25) is 0 Å². The second kappa shape index (κ2) is 8.92. The number of nitrogens with one attached hydrogen (secondary N) is 1. The van der Waals surface area contributed by atoms with E-state index in [0.717, 1.165) is 12.2 Å². The zero-order valence-electron chi connectivity index (χ0n) is 15.0. The van der Waals surface area contributed by atoms with Gasteiger partial charge in [-0.15, -0.1) is 0 Å². The fraction of sp³-hybridized carbons (Fsp3) is 0.368. The number of benzene rings is 1. The Labute approximate surface area is 148 Å². The van der Waals surface area contributed by atoms with Crippen LogP contribution in [0.1, 0.15) is 23.0 Å². The average Bonchev–Trinajstić information content (AvgIpc) is 3.02. The Morgan fingerprint density at radius 3 is 2.68 bits per heavy atom. The molecule has 0 aliphatic heterocycles. The van der Waals surface area contributed by atoms with Crippen LogP contribution in [0.5, 0.6) is 0 Å². The van der Waals surface area contributed by atoms with Crippen LogP contribution in [0, 0.1) is 6.92 Å². The fourth-order valence-electron chi connectivity index (χ4n) is 2.55. The van der Waals surface area contributed by atoms with Crippen molar-refractivity contribution in [3.63, 3.8) is 0 Å². The molecular weight excluding hydrogens is 318 g/mol. The Hall–Kier alpha value is -2.76. The third-order valence-corrected chi connectivity index (χ3v) is 3.94. The molecule has 1 amide bonds. The van der Waals surface area contributed by atoms with Crippen molar-refractivity contribution in [3.8, 4) is 0 Å². The first-order valence-corrected chi connectivity index (χ1v) is 8.38. The quantitative estimate of drug-likeness (QED) is 0.746. The maximum absolute atomic E-state index is 11.8. The lowest BCUT2D eigenvalue weighted by Gasteiger charge is -2.23. The third kappa shape index (κ3) is 5.38. The van der Waals surface area contributed by atoms with Crippen LogP contribution in [0.3, 0.4) is 0 Å². The zero-order valence-corrected chi connectivity index (χ0v) is 15.0. The summed E-state index contributed by atoms with van der Waals surface area (Å²) in [5.74, 6) is -0.805. The van der Waals surface area contributed by atoms with Gasteiger partial charge in [0.1, 0.15) is 5.69 Å². The topological polar surface area (TPSA) is 63.6 Å². The van der Waals surface area contributed by atoms with Gasteiger partial charge in [-0.3, -0.25) is 4.79 Å². The Morgan fingerprint density at radius 2 is 2.04 bits per heavy atom. The number of esters is 1. The van der Waals surface area contributed by atoms with Crippen molar-refractivity contribution in [1.29, 1.82) is 0 Å². The van der Waals surface area contributed by atoms with E-state index in [1.807, 2.05) is 6.07 Å². The molecule has 25 heavy (non-hydrogen) atoms. The number of carbonyl (C=O) groups is 2. The average molecular weight is 343 g/mol. The van der Waals surface area contributed by atoms with Gasteiger partial charge >= 0.3 is 5.97 Å². The summed E-state index contributed by atoms with van der Waals surface area (Å²) < 4.78 is 6.68. The van der Waals surface area contributed by atoms with Crippen molar-refractivity contribution in [1.82, 2.24) is 9.88 Å². The number of anilines is 1. The number of ether oxygens (including phenoxy) is 1. The maximum atomic E-state index is 11.8. The SMILES string of the molecule is CCN(CCNC(=O)COC(=O)c1cccn1C)c1cccc(C)c1. The van der Waals surface area contributed by atoms with Crippen LogP contribution in [0.25, 0.3) is 0 Å². The van der Waals surface area contributed by atoms with E-state index in [1.165, 1.54) is 5.56 Å². The Balaban J connectivity index is 1.74. The molecule has 134 valence electrons. The first-order chi connectivity index (χ1) is 12.0. The Bertz CT molecular complexity index is 724. The number of aromatic nitrogens is 1. The minimum atomic E-state index is -0.502. The van der Waals surface area contributed by atoms with Crippen LogP contribution in [-0.2, 0) is 16.6 Å². The summed E-state index contributed by atoms with van der Waals surface area (Å²) in [6.07, 6.45) is 1.75. The number of carbonyl (C=O) groups excluding carboxylic acids is 2. The van der Waals surface area contributed by atoms with Crippen molar-refractivity contribution in [3.05, 3.63) is 53.9 Å². The first kappa shape index (κ1) is 18.6. The number of aryl methyl sites for hydroxylation is 2. The smallest absolute Gasteiger partial charge is 0.355 e. The van der Waals surface area contributed by atoms with E-state index in [1.54, 1.807) is 29.9 Å². The van der Waals surface area contributed by atoms with Gasteiger partial charge in [-0.1, -0.05) is 12.1 Å². The fourth-order valence-corrected chi connectivity index (χ4v) is 2.55. The predicted molar refractivity (Wildman–Crippen MR) is 97.8 cm³/mol. The summed E-state index contributed by atoms with van der Waals surface area (Å²) in [5, 5.41) is 2.78. The monoisotopic (exact) mass is 343 g/mol. The van der Waals surface area contributed by atoms with Gasteiger partial charge in [-0.05, 0) is 43.7 Å². The molecule has 0 atom stereocenters. The predicted octanol–water partition coefficient (Wildman–Crippen LogP) is 2.13. The van der Waals surface area contributed by atoms with Gasteiger partial charge in [0.15, 0.2) is 6.61 Å². The summed E-state index contributed by atoms with van der Waals surface area (Å²) in [7, 11) is 1.75. The van der Waals surface area contributed by atoms with Crippen LogP contribution in [-0.4, -0.2) is 42.7 Å². The van der Waals surface area contributed by atoms with Crippen LogP contribution in [0.4, 0.5) is 5.69 Å².